The molecule has 2 unspecified atom stereocenters. The van der Waals surface area contributed by atoms with Gasteiger partial charge in [0, 0.05) is 29.9 Å². The minimum absolute atomic E-state index is 0.0579. The summed E-state index contributed by atoms with van der Waals surface area (Å²) in [6.45, 7) is 7.84. The van der Waals surface area contributed by atoms with Gasteiger partial charge in [-0.1, -0.05) is 6.42 Å². The van der Waals surface area contributed by atoms with Gasteiger partial charge in [-0.3, -0.25) is 4.90 Å². The van der Waals surface area contributed by atoms with Crippen molar-refractivity contribution in [2.45, 2.75) is 64.6 Å². The van der Waals surface area contributed by atoms with Crippen LogP contribution in [0.25, 0.3) is 0 Å². The second-order valence-corrected chi connectivity index (χ2v) is 6.58. The highest BCUT2D eigenvalue weighted by Gasteiger charge is 2.25. The Kier molecular flexibility index (Phi) is 4.76. The molecule has 102 valence electrons. The Morgan fingerprint density at radius 2 is 2.22 bits per heavy atom. The first-order valence-corrected chi connectivity index (χ1v) is 7.91. The summed E-state index contributed by atoms with van der Waals surface area (Å²) in [4.78, 5) is 7.30. The van der Waals surface area contributed by atoms with Crippen molar-refractivity contribution >= 4 is 11.3 Å². The molecule has 0 aliphatic carbocycles. The SMILES string of the molecule is CC(N)c1csc(CC2CCCCN2C(C)C)n1. The predicted molar refractivity (Wildman–Crippen MR) is 77.9 cm³/mol. The van der Waals surface area contributed by atoms with Crippen molar-refractivity contribution in [3.8, 4) is 0 Å². The van der Waals surface area contributed by atoms with Crippen LogP contribution in [0.15, 0.2) is 5.38 Å². The Hall–Kier alpha value is -0.450. The molecule has 4 heteroatoms. The lowest BCUT2D eigenvalue weighted by atomic mass is 9.98. The Morgan fingerprint density at radius 3 is 2.83 bits per heavy atom. The third kappa shape index (κ3) is 3.31. The van der Waals surface area contributed by atoms with E-state index in [0.717, 1.165) is 12.1 Å². The van der Waals surface area contributed by atoms with Crippen LogP contribution in [0.3, 0.4) is 0 Å². The molecular formula is C14H25N3S. The van der Waals surface area contributed by atoms with Crippen LogP contribution in [0.2, 0.25) is 0 Å². The Bertz CT molecular complexity index is 373. The normalized spacial score (nSPS) is 23.5. The standard InChI is InChI=1S/C14H25N3S/c1-10(2)17-7-5-4-6-12(17)8-14-16-13(9-18-14)11(3)15/h9-12H,4-8,15H2,1-3H3. The second-order valence-electron chi connectivity index (χ2n) is 5.64. The summed E-state index contributed by atoms with van der Waals surface area (Å²) in [5, 5.41) is 3.36. The molecule has 2 heterocycles. The largest absolute Gasteiger partial charge is 0.323 e. The topological polar surface area (TPSA) is 42.1 Å². The van der Waals surface area contributed by atoms with Crippen molar-refractivity contribution in [3.05, 3.63) is 16.1 Å². The predicted octanol–water partition coefficient (Wildman–Crippen LogP) is 2.97. The van der Waals surface area contributed by atoms with Crippen LogP contribution in [0.4, 0.5) is 0 Å². The van der Waals surface area contributed by atoms with E-state index in [2.05, 4.69) is 29.1 Å². The highest BCUT2D eigenvalue weighted by molar-refractivity contribution is 7.09. The van der Waals surface area contributed by atoms with E-state index in [9.17, 15) is 0 Å². The van der Waals surface area contributed by atoms with Gasteiger partial charge in [0.25, 0.3) is 0 Å². The van der Waals surface area contributed by atoms with Crippen molar-refractivity contribution in [1.29, 1.82) is 0 Å². The number of thiazole rings is 1. The summed E-state index contributed by atoms with van der Waals surface area (Å²) < 4.78 is 0. The van der Waals surface area contributed by atoms with Crippen LogP contribution < -0.4 is 5.73 Å². The van der Waals surface area contributed by atoms with Gasteiger partial charge in [0.1, 0.15) is 0 Å². The highest BCUT2D eigenvalue weighted by atomic mass is 32.1. The monoisotopic (exact) mass is 267 g/mol. The zero-order valence-electron chi connectivity index (χ0n) is 11.7. The summed E-state index contributed by atoms with van der Waals surface area (Å²) in [6.07, 6.45) is 5.11. The van der Waals surface area contributed by atoms with Gasteiger partial charge in [-0.15, -0.1) is 11.3 Å². The first-order valence-electron chi connectivity index (χ1n) is 7.03. The number of likely N-dealkylation sites (tertiary alicyclic amines) is 1. The molecule has 1 fully saturated rings. The minimum Gasteiger partial charge on any atom is -0.323 e. The molecule has 0 radical (unpaired) electrons. The number of aromatic nitrogens is 1. The van der Waals surface area contributed by atoms with Gasteiger partial charge < -0.3 is 5.73 Å². The summed E-state index contributed by atoms with van der Waals surface area (Å²) in [5.41, 5.74) is 6.91. The number of rotatable bonds is 4. The van der Waals surface area contributed by atoms with Crippen LogP contribution in [0.1, 0.15) is 56.8 Å². The molecule has 2 rings (SSSR count). The lowest BCUT2D eigenvalue weighted by molar-refractivity contribution is 0.111. The third-order valence-electron chi connectivity index (χ3n) is 3.78. The summed E-state index contributed by atoms with van der Waals surface area (Å²) in [6, 6.07) is 1.37. The second kappa shape index (κ2) is 6.13. The smallest absolute Gasteiger partial charge is 0.0944 e. The molecule has 0 amide bonds. The number of nitrogens with zero attached hydrogens (tertiary/aromatic N) is 2. The molecule has 0 aromatic carbocycles. The van der Waals surface area contributed by atoms with Crippen LogP contribution in [0.5, 0.6) is 0 Å². The molecule has 1 aromatic rings. The number of piperidine rings is 1. The minimum atomic E-state index is 0.0579. The molecule has 1 saturated heterocycles. The molecule has 1 aromatic heterocycles. The van der Waals surface area contributed by atoms with E-state index in [0.29, 0.717) is 12.1 Å². The first kappa shape index (κ1) is 14.0. The fourth-order valence-electron chi connectivity index (χ4n) is 2.75. The molecule has 2 atom stereocenters. The van der Waals surface area contributed by atoms with Gasteiger partial charge in [0.2, 0.25) is 0 Å². The van der Waals surface area contributed by atoms with E-state index in [1.807, 2.05) is 6.92 Å². The number of hydrogen-bond acceptors (Lipinski definition) is 4. The molecule has 0 saturated carbocycles. The Labute approximate surface area is 114 Å². The molecule has 1 aliphatic heterocycles. The van der Waals surface area contributed by atoms with E-state index >= 15 is 0 Å². The van der Waals surface area contributed by atoms with E-state index in [1.54, 1.807) is 11.3 Å². The van der Waals surface area contributed by atoms with Gasteiger partial charge in [0.05, 0.1) is 10.7 Å². The maximum Gasteiger partial charge on any atom is 0.0944 e. The first-order chi connectivity index (χ1) is 8.58. The van der Waals surface area contributed by atoms with Gasteiger partial charge in [-0.25, -0.2) is 4.98 Å². The van der Waals surface area contributed by atoms with E-state index in [1.165, 1.54) is 30.8 Å². The summed E-state index contributed by atoms with van der Waals surface area (Å²) >= 11 is 1.77. The number of hydrogen-bond donors (Lipinski definition) is 1. The van der Waals surface area contributed by atoms with E-state index in [-0.39, 0.29) is 6.04 Å². The zero-order chi connectivity index (χ0) is 13.1. The molecule has 2 N–H and O–H groups in total. The van der Waals surface area contributed by atoms with Crippen LogP contribution in [0, 0.1) is 0 Å². The molecule has 3 nitrogen and oxygen atoms in total. The fraction of sp³-hybridized carbons (Fsp3) is 0.786. The fourth-order valence-corrected chi connectivity index (χ4v) is 3.72. The van der Waals surface area contributed by atoms with Crippen molar-refractivity contribution in [3.63, 3.8) is 0 Å². The Balaban J connectivity index is 2.01. The average molecular weight is 267 g/mol. The summed E-state index contributed by atoms with van der Waals surface area (Å²) in [5.74, 6) is 0. The van der Waals surface area contributed by atoms with Gasteiger partial charge in [-0.2, -0.15) is 0 Å². The van der Waals surface area contributed by atoms with E-state index < -0.39 is 0 Å². The van der Waals surface area contributed by atoms with Crippen LogP contribution in [-0.4, -0.2) is 28.5 Å². The summed E-state index contributed by atoms with van der Waals surface area (Å²) in [7, 11) is 0. The van der Waals surface area contributed by atoms with Gasteiger partial charge >= 0.3 is 0 Å². The quantitative estimate of drug-likeness (QED) is 0.912. The van der Waals surface area contributed by atoms with Crippen LogP contribution in [-0.2, 0) is 6.42 Å². The van der Waals surface area contributed by atoms with Crippen molar-refractivity contribution in [2.24, 2.45) is 5.73 Å². The molecule has 18 heavy (non-hydrogen) atoms. The van der Waals surface area contributed by atoms with Crippen molar-refractivity contribution in [2.75, 3.05) is 6.54 Å². The van der Waals surface area contributed by atoms with Crippen LogP contribution >= 0.6 is 11.3 Å². The van der Waals surface area contributed by atoms with E-state index in [4.69, 9.17) is 5.73 Å². The average Bonchev–Trinajstić information content (AvgIpc) is 2.78. The maximum atomic E-state index is 5.87. The highest BCUT2D eigenvalue weighted by Crippen LogP contribution is 2.24. The molecule has 0 spiro atoms. The van der Waals surface area contributed by atoms with Crippen molar-refractivity contribution < 1.29 is 0 Å². The van der Waals surface area contributed by atoms with Crippen molar-refractivity contribution in [1.82, 2.24) is 9.88 Å². The molecule has 1 aliphatic rings. The molecular weight excluding hydrogens is 242 g/mol. The maximum absolute atomic E-state index is 5.87. The zero-order valence-corrected chi connectivity index (χ0v) is 12.5. The lowest BCUT2D eigenvalue weighted by Gasteiger charge is -2.38. The van der Waals surface area contributed by atoms with Gasteiger partial charge in [-0.05, 0) is 40.2 Å². The molecule has 0 bridgehead atoms. The lowest BCUT2D eigenvalue weighted by Crippen LogP contribution is -2.44. The Morgan fingerprint density at radius 1 is 1.44 bits per heavy atom. The third-order valence-corrected chi connectivity index (χ3v) is 4.67. The van der Waals surface area contributed by atoms with Gasteiger partial charge in [0.15, 0.2) is 0 Å². The number of nitrogens with two attached hydrogens (primary N) is 1.